The number of benzene rings is 1. The van der Waals surface area contributed by atoms with Crippen molar-refractivity contribution in [1.82, 2.24) is 10.6 Å². The van der Waals surface area contributed by atoms with Crippen LogP contribution < -0.4 is 16.0 Å². The number of thiocarbonyl (C=S) groups is 1. The summed E-state index contributed by atoms with van der Waals surface area (Å²) in [7, 11) is 0. The van der Waals surface area contributed by atoms with E-state index in [1.807, 2.05) is 13.8 Å². The molecule has 23 heavy (non-hydrogen) atoms. The lowest BCUT2D eigenvalue weighted by Crippen LogP contribution is -2.35. The minimum Gasteiger partial charge on any atom is -0.459 e. The van der Waals surface area contributed by atoms with Crippen molar-refractivity contribution >= 4 is 34.8 Å². The zero-order valence-electron chi connectivity index (χ0n) is 12.8. The van der Waals surface area contributed by atoms with Gasteiger partial charge in [0.25, 0.3) is 11.8 Å². The van der Waals surface area contributed by atoms with Gasteiger partial charge in [0, 0.05) is 6.04 Å². The van der Waals surface area contributed by atoms with Gasteiger partial charge >= 0.3 is 0 Å². The summed E-state index contributed by atoms with van der Waals surface area (Å²) in [4.78, 5) is 24.0. The molecule has 7 heteroatoms. The Bertz CT molecular complexity index is 711. The van der Waals surface area contributed by atoms with Crippen LogP contribution in [0.15, 0.2) is 47.1 Å². The smallest absolute Gasteiger partial charge is 0.293 e. The first kappa shape index (κ1) is 16.7. The molecule has 2 aromatic rings. The topological polar surface area (TPSA) is 83.4 Å². The summed E-state index contributed by atoms with van der Waals surface area (Å²) >= 11 is 5.10. The summed E-state index contributed by atoms with van der Waals surface area (Å²) in [6.07, 6.45) is 1.40. The molecule has 0 saturated carbocycles. The monoisotopic (exact) mass is 331 g/mol. The van der Waals surface area contributed by atoms with Gasteiger partial charge in [-0.15, -0.1) is 0 Å². The number of amides is 2. The second kappa shape index (κ2) is 7.55. The number of carbonyl (C=O) groups is 2. The Morgan fingerprint density at radius 1 is 1.09 bits per heavy atom. The van der Waals surface area contributed by atoms with Crippen LogP contribution in [0.3, 0.4) is 0 Å². The molecular weight excluding hydrogens is 314 g/mol. The van der Waals surface area contributed by atoms with Gasteiger partial charge in [0.05, 0.1) is 17.5 Å². The summed E-state index contributed by atoms with van der Waals surface area (Å²) in [5, 5.41) is 8.24. The molecule has 0 unspecified atom stereocenters. The van der Waals surface area contributed by atoms with E-state index in [9.17, 15) is 9.59 Å². The number of anilines is 1. The van der Waals surface area contributed by atoms with E-state index < -0.39 is 5.91 Å². The quantitative estimate of drug-likeness (QED) is 0.750. The molecule has 120 valence electrons. The molecule has 0 fully saturated rings. The Balaban J connectivity index is 2.06. The van der Waals surface area contributed by atoms with E-state index in [0.29, 0.717) is 11.3 Å². The van der Waals surface area contributed by atoms with Gasteiger partial charge < -0.3 is 15.1 Å². The average molecular weight is 331 g/mol. The summed E-state index contributed by atoms with van der Waals surface area (Å²) in [5.41, 5.74) is 0.950. The summed E-state index contributed by atoms with van der Waals surface area (Å²) in [6, 6.07) is 10.1. The van der Waals surface area contributed by atoms with Crippen molar-refractivity contribution in [3.63, 3.8) is 0 Å². The van der Waals surface area contributed by atoms with Gasteiger partial charge in [-0.3, -0.25) is 14.9 Å². The Morgan fingerprint density at radius 2 is 1.83 bits per heavy atom. The van der Waals surface area contributed by atoms with Gasteiger partial charge in [-0.1, -0.05) is 12.1 Å². The lowest BCUT2D eigenvalue weighted by molar-refractivity contribution is 0.0939. The zero-order chi connectivity index (χ0) is 16.8. The summed E-state index contributed by atoms with van der Waals surface area (Å²) < 4.78 is 4.99. The first-order valence-corrected chi connectivity index (χ1v) is 7.44. The van der Waals surface area contributed by atoms with E-state index in [4.69, 9.17) is 16.6 Å². The molecule has 0 aliphatic carbocycles. The van der Waals surface area contributed by atoms with E-state index in [1.165, 1.54) is 12.3 Å². The van der Waals surface area contributed by atoms with Crippen LogP contribution in [-0.4, -0.2) is 23.0 Å². The van der Waals surface area contributed by atoms with Crippen LogP contribution in [0.4, 0.5) is 5.69 Å². The van der Waals surface area contributed by atoms with Crippen LogP contribution in [0.5, 0.6) is 0 Å². The van der Waals surface area contributed by atoms with E-state index in [1.54, 1.807) is 30.3 Å². The second-order valence-corrected chi connectivity index (χ2v) is 5.47. The van der Waals surface area contributed by atoms with Gasteiger partial charge in [0.15, 0.2) is 10.9 Å². The molecule has 6 nitrogen and oxygen atoms in total. The maximum absolute atomic E-state index is 12.2. The normalized spacial score (nSPS) is 10.2. The molecule has 0 aliphatic heterocycles. The molecule has 1 heterocycles. The van der Waals surface area contributed by atoms with Crippen LogP contribution in [0.1, 0.15) is 34.8 Å². The molecule has 0 radical (unpaired) electrons. The Labute approximate surface area is 139 Å². The number of furan rings is 1. The standard InChI is InChI=1S/C16H17N3O3S/c1-10(2)17-14(20)11-6-3-4-7-12(11)18-16(23)19-15(21)13-8-5-9-22-13/h3-10H,1-2H3,(H,17,20)(H2,18,19,21,23). The maximum atomic E-state index is 12.2. The number of carbonyl (C=O) groups excluding carboxylic acids is 2. The van der Waals surface area contributed by atoms with Gasteiger partial charge in [-0.2, -0.15) is 0 Å². The number of hydrogen-bond acceptors (Lipinski definition) is 4. The number of hydrogen-bond donors (Lipinski definition) is 3. The minimum atomic E-state index is -0.461. The van der Waals surface area contributed by atoms with E-state index in [-0.39, 0.29) is 22.8 Å². The average Bonchev–Trinajstić information content (AvgIpc) is 3.01. The molecule has 2 amide bonds. The highest BCUT2D eigenvalue weighted by molar-refractivity contribution is 7.80. The molecule has 3 N–H and O–H groups in total. The van der Waals surface area contributed by atoms with Crippen molar-refractivity contribution in [2.45, 2.75) is 19.9 Å². The number of rotatable bonds is 4. The van der Waals surface area contributed by atoms with Crippen LogP contribution in [-0.2, 0) is 0 Å². The largest absolute Gasteiger partial charge is 0.459 e. The first-order valence-electron chi connectivity index (χ1n) is 7.03. The first-order chi connectivity index (χ1) is 11.0. The molecule has 0 atom stereocenters. The number of nitrogens with one attached hydrogen (secondary N) is 3. The maximum Gasteiger partial charge on any atom is 0.293 e. The van der Waals surface area contributed by atoms with Crippen molar-refractivity contribution in [1.29, 1.82) is 0 Å². The Kier molecular flexibility index (Phi) is 5.48. The molecule has 1 aromatic heterocycles. The second-order valence-electron chi connectivity index (χ2n) is 5.06. The van der Waals surface area contributed by atoms with Crippen molar-refractivity contribution in [3.05, 3.63) is 54.0 Å². The fraction of sp³-hybridized carbons (Fsp3) is 0.188. The van der Waals surface area contributed by atoms with Crippen LogP contribution >= 0.6 is 12.2 Å². The van der Waals surface area contributed by atoms with Crippen molar-refractivity contribution in [2.75, 3.05) is 5.32 Å². The van der Waals surface area contributed by atoms with Gasteiger partial charge in [0.2, 0.25) is 0 Å². The number of para-hydroxylation sites is 1. The lowest BCUT2D eigenvalue weighted by Gasteiger charge is -2.14. The highest BCUT2D eigenvalue weighted by Gasteiger charge is 2.14. The summed E-state index contributed by atoms with van der Waals surface area (Å²) in [5.74, 6) is -0.528. The molecule has 0 bridgehead atoms. The summed E-state index contributed by atoms with van der Waals surface area (Å²) in [6.45, 7) is 3.75. The van der Waals surface area contributed by atoms with Crippen LogP contribution in [0.25, 0.3) is 0 Å². The predicted octanol–water partition coefficient (Wildman–Crippen LogP) is 2.54. The highest BCUT2D eigenvalue weighted by Crippen LogP contribution is 2.15. The Hall–Kier alpha value is -2.67. The fourth-order valence-electron chi connectivity index (χ4n) is 1.86. The molecule has 2 rings (SSSR count). The van der Waals surface area contributed by atoms with Gasteiger partial charge in [-0.05, 0) is 50.3 Å². The Morgan fingerprint density at radius 3 is 2.48 bits per heavy atom. The third-order valence-electron chi connectivity index (χ3n) is 2.81. The van der Waals surface area contributed by atoms with E-state index in [2.05, 4.69) is 16.0 Å². The minimum absolute atomic E-state index is 0.0150. The van der Waals surface area contributed by atoms with Crippen LogP contribution in [0, 0.1) is 0 Å². The molecule has 1 aromatic carbocycles. The van der Waals surface area contributed by atoms with E-state index >= 15 is 0 Å². The molecule has 0 aliphatic rings. The van der Waals surface area contributed by atoms with Crippen molar-refractivity contribution < 1.29 is 14.0 Å². The molecular formula is C16H17N3O3S. The highest BCUT2D eigenvalue weighted by atomic mass is 32.1. The SMILES string of the molecule is CC(C)NC(=O)c1ccccc1NC(=S)NC(=O)c1ccco1. The lowest BCUT2D eigenvalue weighted by atomic mass is 10.1. The van der Waals surface area contributed by atoms with E-state index in [0.717, 1.165) is 0 Å². The van der Waals surface area contributed by atoms with Crippen molar-refractivity contribution in [3.8, 4) is 0 Å². The van der Waals surface area contributed by atoms with Crippen LogP contribution in [0.2, 0.25) is 0 Å². The third kappa shape index (κ3) is 4.65. The predicted molar refractivity (Wildman–Crippen MR) is 91.4 cm³/mol. The third-order valence-corrected chi connectivity index (χ3v) is 3.02. The van der Waals surface area contributed by atoms with Gasteiger partial charge in [-0.25, -0.2) is 0 Å². The molecule has 0 saturated heterocycles. The van der Waals surface area contributed by atoms with Gasteiger partial charge in [0.1, 0.15) is 0 Å². The van der Waals surface area contributed by atoms with Crippen molar-refractivity contribution in [2.24, 2.45) is 0 Å². The zero-order valence-corrected chi connectivity index (χ0v) is 13.6. The fourth-order valence-corrected chi connectivity index (χ4v) is 2.06. The molecule has 0 spiro atoms.